The Balaban J connectivity index is 1.68. The summed E-state index contributed by atoms with van der Waals surface area (Å²) >= 11 is 8.28. The van der Waals surface area contributed by atoms with Crippen molar-refractivity contribution in [3.05, 3.63) is 50.2 Å². The van der Waals surface area contributed by atoms with E-state index in [9.17, 15) is 19.2 Å². The van der Waals surface area contributed by atoms with E-state index >= 15 is 0 Å². The SMILES string of the molecule is COC(=O)c1sc(N)c(C(=O)OC)c1COC(=O)CNC(=O)c1sc2ccccc2c1Cl. The molecule has 2 heterocycles. The van der Waals surface area contributed by atoms with Crippen molar-refractivity contribution in [1.82, 2.24) is 5.32 Å². The zero-order chi connectivity index (χ0) is 23.4. The molecule has 1 aromatic carbocycles. The van der Waals surface area contributed by atoms with Crippen LogP contribution in [-0.4, -0.2) is 44.6 Å². The molecule has 0 spiro atoms. The number of nitrogens with two attached hydrogens (primary N) is 1. The Morgan fingerprint density at radius 3 is 2.38 bits per heavy atom. The maximum atomic E-state index is 12.5. The number of carbonyl (C=O) groups is 4. The summed E-state index contributed by atoms with van der Waals surface area (Å²) in [7, 11) is 2.32. The molecule has 0 aliphatic heterocycles. The highest BCUT2D eigenvalue weighted by atomic mass is 35.5. The van der Waals surface area contributed by atoms with Crippen molar-refractivity contribution in [2.45, 2.75) is 6.61 Å². The summed E-state index contributed by atoms with van der Waals surface area (Å²) in [5, 5.41) is 3.52. The highest BCUT2D eigenvalue weighted by Gasteiger charge is 2.28. The average Bonchev–Trinajstić information content (AvgIpc) is 3.31. The second-order valence-corrected chi connectivity index (χ2v) is 8.70. The first kappa shape index (κ1) is 23.5. The van der Waals surface area contributed by atoms with Crippen molar-refractivity contribution in [2.24, 2.45) is 0 Å². The molecular formula is C20H17ClN2O7S2. The topological polar surface area (TPSA) is 134 Å². The Bertz CT molecular complexity index is 1220. The maximum Gasteiger partial charge on any atom is 0.348 e. The third kappa shape index (κ3) is 4.69. The molecule has 0 unspecified atom stereocenters. The van der Waals surface area contributed by atoms with Crippen molar-refractivity contribution < 1.29 is 33.4 Å². The second-order valence-electron chi connectivity index (χ2n) is 6.22. The van der Waals surface area contributed by atoms with Crippen molar-refractivity contribution in [3.63, 3.8) is 0 Å². The fourth-order valence-electron chi connectivity index (χ4n) is 2.80. The number of fused-ring (bicyclic) bond motifs is 1. The monoisotopic (exact) mass is 496 g/mol. The minimum Gasteiger partial charge on any atom is -0.465 e. The number of esters is 3. The van der Waals surface area contributed by atoms with Gasteiger partial charge in [0.25, 0.3) is 5.91 Å². The summed E-state index contributed by atoms with van der Waals surface area (Å²) in [6.07, 6.45) is 0. The van der Waals surface area contributed by atoms with Crippen LogP contribution in [0.25, 0.3) is 10.1 Å². The van der Waals surface area contributed by atoms with E-state index in [2.05, 4.69) is 14.8 Å². The molecule has 12 heteroatoms. The van der Waals surface area contributed by atoms with Gasteiger partial charge in [0.1, 0.15) is 33.5 Å². The van der Waals surface area contributed by atoms with Gasteiger partial charge in [-0.1, -0.05) is 29.8 Å². The molecule has 0 bridgehead atoms. The van der Waals surface area contributed by atoms with E-state index in [1.54, 1.807) is 6.07 Å². The Morgan fingerprint density at radius 1 is 1.03 bits per heavy atom. The summed E-state index contributed by atoms with van der Waals surface area (Å²) in [6, 6.07) is 7.27. The molecular weight excluding hydrogens is 480 g/mol. The number of nitrogens with one attached hydrogen (secondary N) is 1. The molecule has 0 fully saturated rings. The number of halogens is 1. The number of nitrogen functional groups attached to an aromatic ring is 1. The van der Waals surface area contributed by atoms with Gasteiger partial charge in [0.2, 0.25) is 0 Å². The lowest BCUT2D eigenvalue weighted by Crippen LogP contribution is -2.30. The molecule has 0 atom stereocenters. The van der Waals surface area contributed by atoms with Crippen molar-refractivity contribution in [2.75, 3.05) is 26.5 Å². The number of anilines is 1. The molecule has 168 valence electrons. The molecule has 3 N–H and O–H groups in total. The minimum absolute atomic E-state index is 0.0132. The lowest BCUT2D eigenvalue weighted by molar-refractivity contribution is -0.143. The first-order valence-corrected chi connectivity index (χ1v) is 11.0. The number of ether oxygens (including phenoxy) is 3. The fraction of sp³-hybridized carbons (Fsp3) is 0.200. The molecule has 0 saturated heterocycles. The van der Waals surface area contributed by atoms with Crippen LogP contribution >= 0.6 is 34.3 Å². The number of methoxy groups -OCH3 is 2. The number of rotatable bonds is 7. The Labute approximate surface area is 195 Å². The van der Waals surface area contributed by atoms with Crippen LogP contribution in [0.15, 0.2) is 24.3 Å². The molecule has 0 aliphatic carbocycles. The zero-order valence-electron chi connectivity index (χ0n) is 16.9. The van der Waals surface area contributed by atoms with Gasteiger partial charge in [-0.05, 0) is 6.07 Å². The normalized spacial score (nSPS) is 10.6. The molecule has 2 aromatic heterocycles. The van der Waals surface area contributed by atoms with Crippen LogP contribution in [0, 0.1) is 0 Å². The van der Waals surface area contributed by atoms with Crippen molar-refractivity contribution in [3.8, 4) is 0 Å². The van der Waals surface area contributed by atoms with Crippen LogP contribution in [0.3, 0.4) is 0 Å². The van der Waals surface area contributed by atoms with E-state index in [1.165, 1.54) is 18.4 Å². The molecule has 1 amide bonds. The van der Waals surface area contributed by atoms with E-state index in [4.69, 9.17) is 22.1 Å². The van der Waals surface area contributed by atoms with Gasteiger partial charge in [0.05, 0.1) is 19.2 Å². The summed E-state index contributed by atoms with van der Waals surface area (Å²) in [5.74, 6) is -2.85. The predicted molar refractivity (Wildman–Crippen MR) is 120 cm³/mol. The summed E-state index contributed by atoms with van der Waals surface area (Å²) < 4.78 is 15.3. The summed E-state index contributed by atoms with van der Waals surface area (Å²) in [6.45, 7) is -0.898. The van der Waals surface area contributed by atoms with Crippen LogP contribution in [0.5, 0.6) is 0 Å². The van der Waals surface area contributed by atoms with Gasteiger partial charge in [0.15, 0.2) is 0 Å². The number of hydrogen-bond donors (Lipinski definition) is 2. The highest BCUT2D eigenvalue weighted by molar-refractivity contribution is 7.21. The van der Waals surface area contributed by atoms with Crippen LogP contribution < -0.4 is 11.1 Å². The molecule has 3 rings (SSSR count). The van der Waals surface area contributed by atoms with E-state index in [0.29, 0.717) is 5.02 Å². The molecule has 32 heavy (non-hydrogen) atoms. The van der Waals surface area contributed by atoms with Crippen LogP contribution in [0.4, 0.5) is 5.00 Å². The van der Waals surface area contributed by atoms with Crippen molar-refractivity contribution >= 4 is 73.2 Å². The first-order valence-electron chi connectivity index (χ1n) is 8.97. The molecule has 0 radical (unpaired) electrons. The van der Waals surface area contributed by atoms with Crippen LogP contribution in [0.2, 0.25) is 5.02 Å². The van der Waals surface area contributed by atoms with E-state index in [0.717, 1.165) is 28.5 Å². The first-order chi connectivity index (χ1) is 15.3. The van der Waals surface area contributed by atoms with E-state index in [-0.39, 0.29) is 25.9 Å². The fourth-order valence-corrected chi connectivity index (χ4v) is 5.22. The number of amides is 1. The largest absolute Gasteiger partial charge is 0.465 e. The smallest absolute Gasteiger partial charge is 0.348 e. The lowest BCUT2D eigenvalue weighted by Gasteiger charge is -2.08. The maximum absolute atomic E-state index is 12.5. The van der Waals surface area contributed by atoms with Crippen LogP contribution in [-0.2, 0) is 25.6 Å². The van der Waals surface area contributed by atoms with Gasteiger partial charge in [-0.25, -0.2) is 9.59 Å². The number of benzene rings is 1. The third-order valence-electron chi connectivity index (χ3n) is 4.31. The van der Waals surface area contributed by atoms with E-state index in [1.807, 2.05) is 18.2 Å². The van der Waals surface area contributed by atoms with Gasteiger partial charge < -0.3 is 25.3 Å². The second kappa shape index (κ2) is 9.98. The summed E-state index contributed by atoms with van der Waals surface area (Å²) in [5.41, 5.74) is 5.82. The summed E-state index contributed by atoms with van der Waals surface area (Å²) in [4.78, 5) is 49.0. The Kier molecular flexibility index (Phi) is 7.33. The van der Waals surface area contributed by atoms with Crippen molar-refractivity contribution in [1.29, 1.82) is 0 Å². The van der Waals surface area contributed by atoms with Gasteiger partial charge in [-0.3, -0.25) is 9.59 Å². The van der Waals surface area contributed by atoms with Gasteiger partial charge >= 0.3 is 17.9 Å². The number of thiophene rings is 2. The minimum atomic E-state index is -0.799. The Hall–Kier alpha value is -3.15. The molecule has 3 aromatic rings. The van der Waals surface area contributed by atoms with Gasteiger partial charge in [0, 0.05) is 15.6 Å². The standard InChI is InChI=1S/C20H17ClN2O7S2/c1-28-19(26)13-10(15(20(27)29-2)32-17(13)22)8-30-12(24)7-23-18(25)16-14(21)9-5-3-4-6-11(9)31-16/h3-6H,7-8,22H2,1-2H3,(H,23,25). The molecule has 0 saturated carbocycles. The number of hydrogen-bond acceptors (Lipinski definition) is 10. The highest BCUT2D eigenvalue weighted by Crippen LogP contribution is 2.35. The molecule has 0 aliphatic rings. The van der Waals surface area contributed by atoms with Gasteiger partial charge in [-0.2, -0.15) is 0 Å². The third-order valence-corrected chi connectivity index (χ3v) is 7.02. The van der Waals surface area contributed by atoms with Crippen LogP contribution in [0.1, 0.15) is 35.3 Å². The zero-order valence-corrected chi connectivity index (χ0v) is 19.2. The Morgan fingerprint density at radius 2 is 1.72 bits per heavy atom. The predicted octanol–water partition coefficient (Wildman–Crippen LogP) is 3.24. The molecule has 9 nitrogen and oxygen atoms in total. The quantitative estimate of drug-likeness (QED) is 0.376. The average molecular weight is 497 g/mol. The lowest BCUT2D eigenvalue weighted by atomic mass is 10.1. The van der Waals surface area contributed by atoms with Gasteiger partial charge in [-0.15, -0.1) is 22.7 Å². The number of carbonyl (C=O) groups excluding carboxylic acids is 4. The van der Waals surface area contributed by atoms with E-state index < -0.39 is 37.0 Å².